The van der Waals surface area contributed by atoms with E-state index in [4.69, 9.17) is 5.73 Å². The molecule has 3 N–H and O–H groups in total. The minimum Gasteiger partial charge on any atom is -0.395 e. The van der Waals surface area contributed by atoms with E-state index >= 15 is 0 Å². The Kier molecular flexibility index (Phi) is 4.21. The van der Waals surface area contributed by atoms with Gasteiger partial charge < -0.3 is 10.8 Å². The first-order chi connectivity index (χ1) is 8.61. The van der Waals surface area contributed by atoms with Crippen molar-refractivity contribution in [3.63, 3.8) is 0 Å². The maximum Gasteiger partial charge on any atom is 0.269 e. The lowest BCUT2D eigenvalue weighted by Crippen LogP contribution is -2.36. The molecule has 98 valence electrons. The van der Waals surface area contributed by atoms with Crippen molar-refractivity contribution in [2.24, 2.45) is 11.7 Å². The maximum absolute atomic E-state index is 10.5. The number of thioether (sulfide) groups is 1. The second kappa shape index (κ2) is 5.69. The second-order valence-corrected chi connectivity index (χ2v) is 5.82. The number of aliphatic hydroxyl groups excluding tert-OH is 1. The highest BCUT2D eigenvalue weighted by atomic mass is 32.2. The summed E-state index contributed by atoms with van der Waals surface area (Å²) < 4.78 is 0. The zero-order chi connectivity index (χ0) is 13.1. The van der Waals surface area contributed by atoms with E-state index in [1.165, 1.54) is 23.9 Å². The SMILES string of the molecule is NC(C1CC1)C(CO)Sc1ccc([N+](=O)[O-])cc1. The average Bonchev–Trinajstić information content (AvgIpc) is 3.20. The number of nitro groups is 1. The van der Waals surface area contributed by atoms with Crippen LogP contribution in [-0.4, -0.2) is 27.9 Å². The highest BCUT2D eigenvalue weighted by Crippen LogP contribution is 2.37. The fourth-order valence-corrected chi connectivity index (χ4v) is 2.94. The number of aliphatic hydroxyl groups is 1. The monoisotopic (exact) mass is 268 g/mol. The van der Waals surface area contributed by atoms with Gasteiger partial charge in [-0.05, 0) is 30.9 Å². The van der Waals surface area contributed by atoms with E-state index in [1.807, 2.05) is 0 Å². The number of nitrogens with two attached hydrogens (primary N) is 1. The molecular weight excluding hydrogens is 252 g/mol. The zero-order valence-electron chi connectivity index (χ0n) is 9.86. The molecule has 0 amide bonds. The molecule has 0 radical (unpaired) electrons. The Bertz CT molecular complexity index is 420. The summed E-state index contributed by atoms with van der Waals surface area (Å²) in [4.78, 5) is 11.0. The number of hydrogen-bond donors (Lipinski definition) is 2. The average molecular weight is 268 g/mol. The molecule has 2 atom stereocenters. The number of hydrogen-bond acceptors (Lipinski definition) is 5. The summed E-state index contributed by atoms with van der Waals surface area (Å²) in [6, 6.07) is 6.34. The fourth-order valence-electron chi connectivity index (χ4n) is 1.84. The zero-order valence-corrected chi connectivity index (χ0v) is 10.7. The predicted octanol–water partition coefficient (Wildman–Crippen LogP) is 1.79. The summed E-state index contributed by atoms with van der Waals surface area (Å²) in [5, 5.41) is 19.9. The number of benzene rings is 1. The molecule has 1 aromatic carbocycles. The standard InChI is InChI=1S/C12H16N2O3S/c13-12(8-1-2-8)11(7-15)18-10-5-3-9(4-6-10)14(16)17/h3-6,8,11-12,15H,1-2,7,13H2. The van der Waals surface area contributed by atoms with Crippen LogP contribution in [0.1, 0.15) is 12.8 Å². The van der Waals surface area contributed by atoms with Gasteiger partial charge in [0, 0.05) is 28.3 Å². The Morgan fingerprint density at radius 3 is 2.50 bits per heavy atom. The third-order valence-corrected chi connectivity index (χ3v) is 4.42. The molecule has 1 aliphatic carbocycles. The van der Waals surface area contributed by atoms with Gasteiger partial charge >= 0.3 is 0 Å². The van der Waals surface area contributed by atoms with Crippen LogP contribution in [0.5, 0.6) is 0 Å². The molecule has 1 aliphatic rings. The normalized spacial score (nSPS) is 18.3. The van der Waals surface area contributed by atoms with Gasteiger partial charge in [-0.25, -0.2) is 0 Å². The van der Waals surface area contributed by atoms with Crippen molar-refractivity contribution in [2.75, 3.05) is 6.61 Å². The van der Waals surface area contributed by atoms with E-state index in [1.54, 1.807) is 12.1 Å². The van der Waals surface area contributed by atoms with Crippen molar-refractivity contribution < 1.29 is 10.0 Å². The van der Waals surface area contributed by atoms with Gasteiger partial charge in [-0.15, -0.1) is 11.8 Å². The van der Waals surface area contributed by atoms with Crippen LogP contribution in [-0.2, 0) is 0 Å². The van der Waals surface area contributed by atoms with Gasteiger partial charge in [0.05, 0.1) is 11.5 Å². The van der Waals surface area contributed by atoms with Crippen LogP contribution in [0, 0.1) is 16.0 Å². The third-order valence-electron chi connectivity index (χ3n) is 3.11. The van der Waals surface area contributed by atoms with Gasteiger partial charge in [0.1, 0.15) is 0 Å². The van der Waals surface area contributed by atoms with E-state index in [0.29, 0.717) is 5.92 Å². The van der Waals surface area contributed by atoms with Crippen LogP contribution in [0.15, 0.2) is 29.2 Å². The first-order valence-electron chi connectivity index (χ1n) is 5.89. The van der Waals surface area contributed by atoms with E-state index in [-0.39, 0.29) is 23.6 Å². The number of nitrogens with zero attached hydrogens (tertiary/aromatic N) is 1. The highest BCUT2D eigenvalue weighted by molar-refractivity contribution is 8.00. The first kappa shape index (κ1) is 13.3. The van der Waals surface area contributed by atoms with Crippen LogP contribution < -0.4 is 5.73 Å². The smallest absolute Gasteiger partial charge is 0.269 e. The third kappa shape index (κ3) is 3.22. The molecule has 1 fully saturated rings. The quantitative estimate of drug-likeness (QED) is 0.466. The lowest BCUT2D eigenvalue weighted by Gasteiger charge is -2.21. The van der Waals surface area contributed by atoms with Gasteiger partial charge in [0.2, 0.25) is 0 Å². The fraction of sp³-hybridized carbons (Fsp3) is 0.500. The molecule has 18 heavy (non-hydrogen) atoms. The largest absolute Gasteiger partial charge is 0.395 e. The summed E-state index contributed by atoms with van der Waals surface area (Å²) in [7, 11) is 0. The molecule has 2 rings (SSSR count). The molecule has 6 heteroatoms. The number of nitro benzene ring substituents is 1. The molecular formula is C12H16N2O3S. The van der Waals surface area contributed by atoms with Crippen LogP contribution in [0.25, 0.3) is 0 Å². The molecule has 0 bridgehead atoms. The Morgan fingerprint density at radius 1 is 1.44 bits per heavy atom. The second-order valence-electron chi connectivity index (χ2n) is 4.50. The van der Waals surface area contributed by atoms with Gasteiger partial charge in [-0.1, -0.05) is 0 Å². The van der Waals surface area contributed by atoms with E-state index in [9.17, 15) is 15.2 Å². The molecule has 0 aromatic heterocycles. The van der Waals surface area contributed by atoms with E-state index in [0.717, 1.165) is 17.7 Å². The molecule has 0 aliphatic heterocycles. The summed E-state index contributed by atoms with van der Waals surface area (Å²) in [5.74, 6) is 0.521. The Hall–Kier alpha value is -1.11. The van der Waals surface area contributed by atoms with Gasteiger partial charge in [-0.3, -0.25) is 10.1 Å². The minimum absolute atomic E-state index is 0.00445. The minimum atomic E-state index is -0.423. The number of rotatable bonds is 6. The molecule has 5 nitrogen and oxygen atoms in total. The highest BCUT2D eigenvalue weighted by Gasteiger charge is 2.34. The number of non-ortho nitro benzene ring substituents is 1. The van der Waals surface area contributed by atoms with Crippen LogP contribution >= 0.6 is 11.8 Å². The van der Waals surface area contributed by atoms with Gasteiger partial charge in [0.15, 0.2) is 0 Å². The van der Waals surface area contributed by atoms with Crippen molar-refractivity contribution in [2.45, 2.75) is 29.0 Å². The van der Waals surface area contributed by atoms with Crippen molar-refractivity contribution in [1.29, 1.82) is 0 Å². The molecule has 0 saturated heterocycles. The van der Waals surface area contributed by atoms with Crippen LogP contribution in [0.3, 0.4) is 0 Å². The summed E-state index contributed by atoms with van der Waals surface area (Å²) in [5.41, 5.74) is 6.15. The summed E-state index contributed by atoms with van der Waals surface area (Å²) in [6.45, 7) is 0.0271. The van der Waals surface area contributed by atoms with Gasteiger partial charge in [-0.2, -0.15) is 0 Å². The van der Waals surface area contributed by atoms with Gasteiger partial charge in [0.25, 0.3) is 5.69 Å². The molecule has 0 spiro atoms. The van der Waals surface area contributed by atoms with Crippen molar-refractivity contribution in [1.82, 2.24) is 0 Å². The summed E-state index contributed by atoms with van der Waals surface area (Å²) >= 11 is 1.49. The first-order valence-corrected chi connectivity index (χ1v) is 6.77. The Morgan fingerprint density at radius 2 is 2.06 bits per heavy atom. The molecule has 1 saturated carbocycles. The van der Waals surface area contributed by atoms with E-state index in [2.05, 4.69) is 0 Å². The lowest BCUT2D eigenvalue weighted by molar-refractivity contribution is -0.384. The predicted molar refractivity (Wildman–Crippen MR) is 70.5 cm³/mol. The molecule has 1 aromatic rings. The topological polar surface area (TPSA) is 89.4 Å². The van der Waals surface area contributed by atoms with Crippen LogP contribution in [0.4, 0.5) is 5.69 Å². The maximum atomic E-state index is 10.5. The molecule has 0 heterocycles. The summed E-state index contributed by atoms with van der Waals surface area (Å²) in [6.07, 6.45) is 2.27. The van der Waals surface area contributed by atoms with Crippen molar-refractivity contribution >= 4 is 17.4 Å². The lowest BCUT2D eigenvalue weighted by atomic mass is 10.1. The van der Waals surface area contributed by atoms with Crippen LogP contribution in [0.2, 0.25) is 0 Å². The molecule has 2 unspecified atom stereocenters. The Balaban J connectivity index is 2.00. The van der Waals surface area contributed by atoms with Crippen molar-refractivity contribution in [3.05, 3.63) is 34.4 Å². The Labute approximate surface area is 110 Å². The van der Waals surface area contributed by atoms with E-state index < -0.39 is 4.92 Å². The van der Waals surface area contributed by atoms with Crippen molar-refractivity contribution in [3.8, 4) is 0 Å².